The van der Waals surface area contributed by atoms with Gasteiger partial charge in [-0.3, -0.25) is 14.5 Å². The molecule has 0 aromatic carbocycles. The Morgan fingerprint density at radius 1 is 1.36 bits per heavy atom. The highest BCUT2D eigenvalue weighted by Crippen LogP contribution is 2.41. The molecule has 5 N–H and O–H groups in total. The number of halogens is 1. The molecule has 2 aliphatic rings. The number of carbonyl (C=O) groups is 4. The maximum absolute atomic E-state index is 13.0. The number of anilines is 1. The van der Waals surface area contributed by atoms with Crippen molar-refractivity contribution in [2.24, 2.45) is 5.16 Å². The minimum Gasteiger partial charge on any atom is -0.477 e. The zero-order valence-corrected chi connectivity index (χ0v) is 21.8. The molecule has 0 bridgehead atoms. The predicted octanol–water partition coefficient (Wildman–Crippen LogP) is 0.691. The van der Waals surface area contributed by atoms with E-state index in [1.54, 1.807) is 20.8 Å². The molecule has 0 spiro atoms. The lowest BCUT2D eigenvalue weighted by atomic mass is 10.0. The number of aliphatic carboxylic acids is 1. The number of oxime groups is 1. The van der Waals surface area contributed by atoms with Crippen LogP contribution in [0.5, 0.6) is 0 Å². The molecule has 2 atom stereocenters. The van der Waals surface area contributed by atoms with Gasteiger partial charge >= 0.3 is 12.1 Å². The van der Waals surface area contributed by atoms with Gasteiger partial charge in [0.15, 0.2) is 5.13 Å². The number of carboxylic acids is 1. The summed E-state index contributed by atoms with van der Waals surface area (Å²) in [4.78, 5) is 58.9. The third kappa shape index (κ3) is 6.55. The zero-order valence-electron chi connectivity index (χ0n) is 19.4. The van der Waals surface area contributed by atoms with Crippen molar-refractivity contribution in [2.75, 3.05) is 24.6 Å². The number of fused-ring (bicyclic) bond motifs is 1. The fourth-order valence-corrected chi connectivity index (χ4v) is 5.04. The van der Waals surface area contributed by atoms with Crippen LogP contribution in [-0.2, 0) is 24.0 Å². The maximum Gasteiger partial charge on any atom is 0.407 e. The summed E-state index contributed by atoms with van der Waals surface area (Å²) >= 11 is 8.02. The Morgan fingerprint density at radius 3 is 2.69 bits per heavy atom. The summed E-state index contributed by atoms with van der Waals surface area (Å²) in [7, 11) is 0. The maximum atomic E-state index is 13.0. The largest absolute Gasteiger partial charge is 0.477 e. The van der Waals surface area contributed by atoms with Gasteiger partial charge in [-0.1, -0.05) is 16.8 Å². The Hall–Kier alpha value is -3.11. The zero-order chi connectivity index (χ0) is 26.6. The molecule has 3 heterocycles. The van der Waals surface area contributed by atoms with Gasteiger partial charge in [0, 0.05) is 30.3 Å². The van der Waals surface area contributed by atoms with Crippen LogP contribution in [0, 0.1) is 0 Å². The molecule has 1 unspecified atom stereocenters. The molecular weight excluding hydrogens is 538 g/mol. The molecule has 1 saturated heterocycles. The van der Waals surface area contributed by atoms with E-state index in [1.165, 1.54) is 11.8 Å². The number of β-lactam (4-membered cyclic amide) rings is 1. The number of alkyl carbamates (subject to hydrolysis) is 1. The van der Waals surface area contributed by atoms with Crippen LogP contribution in [0.4, 0.5) is 9.93 Å². The molecule has 3 amide bonds. The molecule has 1 aromatic rings. The monoisotopic (exact) mass is 561 g/mol. The summed E-state index contributed by atoms with van der Waals surface area (Å²) in [5, 5.41) is 17.8. The number of hydrogen-bond donors (Lipinski definition) is 4. The highest BCUT2D eigenvalue weighted by molar-refractivity contribution is 8.00. The normalized spacial score (nSPS) is 19.8. The lowest BCUT2D eigenvalue weighted by molar-refractivity contribution is -0.150. The van der Waals surface area contributed by atoms with Gasteiger partial charge in [-0.15, -0.1) is 11.8 Å². The fourth-order valence-electron chi connectivity index (χ4n) is 3.06. The van der Waals surface area contributed by atoms with Gasteiger partial charge < -0.3 is 31.0 Å². The molecule has 0 saturated carbocycles. The van der Waals surface area contributed by atoms with Crippen molar-refractivity contribution in [3.05, 3.63) is 16.6 Å². The van der Waals surface area contributed by atoms with E-state index in [4.69, 9.17) is 26.9 Å². The van der Waals surface area contributed by atoms with Crippen LogP contribution in [0.3, 0.4) is 0 Å². The van der Waals surface area contributed by atoms with Crippen molar-refractivity contribution >= 4 is 69.6 Å². The van der Waals surface area contributed by atoms with Crippen LogP contribution in [0.2, 0.25) is 0 Å². The molecule has 1 aromatic heterocycles. The number of carboxylic acid groups (broad SMARTS) is 1. The second-order valence-electron chi connectivity index (χ2n) is 8.43. The average Bonchev–Trinajstić information content (AvgIpc) is 3.20. The Bertz CT molecular complexity index is 1120. The standard InChI is InChI=1S/C19H24ClN7O7S2/c1-19(2,3)34-18(32)22-5-4-6-33-25-9(12-24-17(21)36-26-12)13(28)23-10-14(29)27-11(16(30)31)8(20)7-35-15(10)27/h10,15H,4-7H2,1-3H3,(H,22,32)(H,23,28)(H,30,31)(H2,21,24,26)/t10?,15-/m1/s1. The summed E-state index contributed by atoms with van der Waals surface area (Å²) in [5.41, 5.74) is 4.37. The molecule has 0 radical (unpaired) electrons. The molecule has 3 rings (SSSR count). The molecule has 1 fully saturated rings. The molecule has 36 heavy (non-hydrogen) atoms. The summed E-state index contributed by atoms with van der Waals surface area (Å²) in [6.07, 6.45) is -0.223. The van der Waals surface area contributed by atoms with Crippen LogP contribution in [0.1, 0.15) is 33.0 Å². The van der Waals surface area contributed by atoms with E-state index >= 15 is 0 Å². The van der Waals surface area contributed by atoms with Crippen molar-refractivity contribution in [1.82, 2.24) is 24.9 Å². The topological polar surface area (TPSA) is 198 Å². The average molecular weight is 562 g/mol. The SMILES string of the molecule is CC(C)(C)OC(=O)NCCCON=C(C(=O)NC1C(=O)N2C(C(=O)O)=C(Cl)CS[C@H]12)c1nsc(N)n1. The third-order valence-electron chi connectivity index (χ3n) is 4.52. The van der Waals surface area contributed by atoms with Crippen molar-refractivity contribution in [3.8, 4) is 0 Å². The van der Waals surface area contributed by atoms with Crippen molar-refractivity contribution < 1.29 is 33.9 Å². The minimum absolute atomic E-state index is 0.0338. The Morgan fingerprint density at radius 2 is 2.08 bits per heavy atom. The van der Waals surface area contributed by atoms with Gasteiger partial charge in [-0.25, -0.2) is 9.59 Å². The molecule has 196 valence electrons. The van der Waals surface area contributed by atoms with Crippen LogP contribution in [0.15, 0.2) is 15.9 Å². The third-order valence-corrected chi connectivity index (χ3v) is 6.81. The Labute approximate surface area is 218 Å². The van der Waals surface area contributed by atoms with E-state index in [0.29, 0.717) is 6.42 Å². The quantitative estimate of drug-likeness (QED) is 0.143. The van der Waals surface area contributed by atoms with Crippen molar-refractivity contribution in [2.45, 2.75) is 44.2 Å². The first-order valence-electron chi connectivity index (χ1n) is 10.5. The van der Waals surface area contributed by atoms with E-state index in [2.05, 4.69) is 25.1 Å². The molecule has 0 aliphatic carbocycles. The number of nitrogens with two attached hydrogens (primary N) is 1. The number of nitrogens with one attached hydrogen (secondary N) is 2. The van der Waals surface area contributed by atoms with E-state index < -0.39 is 40.9 Å². The second kappa shape index (κ2) is 11.3. The number of rotatable bonds is 9. The first-order chi connectivity index (χ1) is 16.9. The van der Waals surface area contributed by atoms with Crippen LogP contribution in [0.25, 0.3) is 0 Å². The smallest absolute Gasteiger partial charge is 0.407 e. The highest BCUT2D eigenvalue weighted by atomic mass is 35.5. The first-order valence-corrected chi connectivity index (χ1v) is 12.7. The lowest BCUT2D eigenvalue weighted by Crippen LogP contribution is -2.71. The first kappa shape index (κ1) is 27.5. The highest BCUT2D eigenvalue weighted by Gasteiger charge is 2.54. The number of nitrogen functional groups attached to an aromatic ring is 1. The van der Waals surface area contributed by atoms with Gasteiger partial charge in [0.2, 0.25) is 11.5 Å². The Kier molecular flexibility index (Phi) is 8.63. The van der Waals surface area contributed by atoms with E-state index in [-0.39, 0.29) is 46.3 Å². The lowest BCUT2D eigenvalue weighted by Gasteiger charge is -2.48. The summed E-state index contributed by atoms with van der Waals surface area (Å²) < 4.78 is 9.09. The van der Waals surface area contributed by atoms with Gasteiger partial charge in [0.25, 0.3) is 11.8 Å². The fraction of sp³-hybridized carbons (Fsp3) is 0.526. The van der Waals surface area contributed by atoms with Crippen molar-refractivity contribution in [1.29, 1.82) is 0 Å². The molecular formula is C19H24ClN7O7S2. The number of carbonyl (C=O) groups excluding carboxylic acids is 3. The van der Waals surface area contributed by atoms with Gasteiger partial charge in [-0.05, 0) is 20.8 Å². The van der Waals surface area contributed by atoms with Gasteiger partial charge in [-0.2, -0.15) is 9.36 Å². The second-order valence-corrected chi connectivity index (χ2v) is 10.8. The van der Waals surface area contributed by atoms with Gasteiger partial charge in [0.05, 0.1) is 5.03 Å². The van der Waals surface area contributed by atoms with E-state index in [1.807, 2.05) is 0 Å². The van der Waals surface area contributed by atoms with Crippen molar-refractivity contribution in [3.63, 3.8) is 0 Å². The van der Waals surface area contributed by atoms with Gasteiger partial charge in [0.1, 0.15) is 29.3 Å². The van der Waals surface area contributed by atoms with E-state index in [9.17, 15) is 24.3 Å². The Balaban J connectivity index is 1.60. The number of ether oxygens (including phenoxy) is 1. The molecule has 2 aliphatic heterocycles. The minimum atomic E-state index is -1.33. The predicted molar refractivity (Wildman–Crippen MR) is 131 cm³/mol. The number of aromatic nitrogens is 2. The van der Waals surface area contributed by atoms with Crippen LogP contribution < -0.4 is 16.4 Å². The summed E-state index contributed by atoms with van der Waals surface area (Å²) in [6, 6.07) is -1.01. The number of hydrogen-bond acceptors (Lipinski definition) is 12. The summed E-state index contributed by atoms with van der Waals surface area (Å²) in [5.74, 6) is -2.69. The molecule has 17 heteroatoms. The van der Waals surface area contributed by atoms with Crippen LogP contribution >= 0.6 is 34.9 Å². The molecule has 14 nitrogen and oxygen atoms in total. The van der Waals surface area contributed by atoms with Crippen LogP contribution in [-0.4, -0.2) is 84.9 Å². The number of amides is 3. The summed E-state index contributed by atoms with van der Waals surface area (Å²) in [6.45, 7) is 5.51. The number of nitrogens with zero attached hydrogens (tertiary/aromatic N) is 4. The number of thioether (sulfide) groups is 1. The van der Waals surface area contributed by atoms with E-state index in [0.717, 1.165) is 16.4 Å².